The van der Waals surface area contributed by atoms with Gasteiger partial charge >= 0.3 is 5.97 Å². The van der Waals surface area contributed by atoms with Crippen molar-refractivity contribution in [2.24, 2.45) is 16.7 Å². The second-order valence-corrected chi connectivity index (χ2v) is 9.32. The molecule has 0 saturated heterocycles. The van der Waals surface area contributed by atoms with Crippen molar-refractivity contribution in [3.63, 3.8) is 0 Å². The van der Waals surface area contributed by atoms with Crippen LogP contribution in [0.5, 0.6) is 5.75 Å². The summed E-state index contributed by atoms with van der Waals surface area (Å²) in [6.45, 7) is 4.87. The van der Waals surface area contributed by atoms with Crippen LogP contribution in [0, 0.1) is 16.7 Å². The third-order valence-corrected chi connectivity index (χ3v) is 8.48. The summed E-state index contributed by atoms with van der Waals surface area (Å²) in [6.07, 6.45) is 5.47. The van der Waals surface area contributed by atoms with Crippen LogP contribution in [-0.4, -0.2) is 30.7 Å². The Labute approximate surface area is 172 Å². The zero-order chi connectivity index (χ0) is 21.0. The highest BCUT2D eigenvalue weighted by Crippen LogP contribution is 2.71. The monoisotopic (exact) mass is 398 g/mol. The van der Waals surface area contributed by atoms with Crippen molar-refractivity contribution >= 4 is 18.0 Å². The van der Waals surface area contributed by atoms with Crippen molar-refractivity contribution in [2.45, 2.75) is 70.8 Å². The smallest absolute Gasteiger partial charge is 0.303 e. The van der Waals surface area contributed by atoms with Crippen molar-refractivity contribution in [3.05, 3.63) is 29.3 Å². The molecular weight excluding hydrogens is 368 g/mol. The lowest BCUT2D eigenvalue weighted by Gasteiger charge is -2.58. The Morgan fingerprint density at radius 2 is 1.90 bits per heavy atom. The van der Waals surface area contributed by atoms with Crippen LogP contribution in [0.25, 0.3) is 0 Å². The first kappa shape index (κ1) is 20.1. The number of ether oxygens (including phenoxy) is 2. The zero-order valence-corrected chi connectivity index (χ0v) is 17.7. The summed E-state index contributed by atoms with van der Waals surface area (Å²) >= 11 is 0. The predicted octanol–water partition coefficient (Wildman–Crippen LogP) is 4.01. The first-order chi connectivity index (χ1) is 13.7. The Morgan fingerprint density at radius 3 is 2.52 bits per heavy atom. The van der Waals surface area contributed by atoms with Crippen LogP contribution in [0.1, 0.15) is 69.9 Å². The van der Waals surface area contributed by atoms with E-state index in [1.165, 1.54) is 25.0 Å². The van der Waals surface area contributed by atoms with Crippen molar-refractivity contribution in [1.29, 1.82) is 0 Å². The van der Waals surface area contributed by atoms with E-state index in [1.54, 1.807) is 7.11 Å². The maximum absolute atomic E-state index is 12.8. The van der Waals surface area contributed by atoms with Crippen LogP contribution >= 0.6 is 0 Å². The molecule has 5 nitrogen and oxygen atoms in total. The van der Waals surface area contributed by atoms with Crippen LogP contribution in [0.3, 0.4) is 0 Å². The molecule has 0 aliphatic heterocycles. The van der Waals surface area contributed by atoms with Gasteiger partial charge in [-0.05, 0) is 80.5 Å². The van der Waals surface area contributed by atoms with Gasteiger partial charge in [0.25, 0.3) is 0 Å². The number of carbonyl (C=O) groups is 3. The zero-order valence-electron chi connectivity index (χ0n) is 17.7. The van der Waals surface area contributed by atoms with Gasteiger partial charge in [-0.1, -0.05) is 13.0 Å². The molecule has 0 radical (unpaired) electrons. The second kappa shape index (κ2) is 6.68. The minimum absolute atomic E-state index is 0.140. The SMILES string of the molecule is COc1ccc2c(c1)CC[C@@H]1[C@@H]2CC[C@@]2(C)[C@@]1(C=O)CC[C@@]2(OC(C)=O)C(C)=O. The first-order valence-corrected chi connectivity index (χ1v) is 10.6. The van der Waals surface area contributed by atoms with Crippen molar-refractivity contribution in [3.8, 4) is 5.75 Å². The molecule has 156 valence electrons. The van der Waals surface area contributed by atoms with Crippen LogP contribution in [0.15, 0.2) is 18.2 Å². The molecule has 0 bridgehead atoms. The summed E-state index contributed by atoms with van der Waals surface area (Å²) in [5.41, 5.74) is 0.0634. The van der Waals surface area contributed by atoms with Crippen LogP contribution in [0.2, 0.25) is 0 Å². The summed E-state index contributed by atoms with van der Waals surface area (Å²) < 4.78 is 11.2. The van der Waals surface area contributed by atoms with Gasteiger partial charge in [-0.3, -0.25) is 9.59 Å². The molecule has 5 atom stereocenters. The van der Waals surface area contributed by atoms with Gasteiger partial charge in [0, 0.05) is 17.8 Å². The number of ketones is 1. The average Bonchev–Trinajstić information content (AvgIpc) is 2.96. The number of benzene rings is 1. The number of methoxy groups -OCH3 is 1. The van der Waals surface area contributed by atoms with Gasteiger partial charge in [0.15, 0.2) is 11.4 Å². The summed E-state index contributed by atoms with van der Waals surface area (Å²) in [4.78, 5) is 37.6. The van der Waals surface area contributed by atoms with Gasteiger partial charge in [0.05, 0.1) is 7.11 Å². The summed E-state index contributed by atoms with van der Waals surface area (Å²) in [5, 5.41) is 0. The highest BCUT2D eigenvalue weighted by Gasteiger charge is 2.73. The van der Waals surface area contributed by atoms with Gasteiger partial charge in [0.1, 0.15) is 12.0 Å². The van der Waals surface area contributed by atoms with E-state index in [2.05, 4.69) is 12.1 Å². The number of rotatable bonds is 4. The molecule has 0 heterocycles. The summed E-state index contributed by atoms with van der Waals surface area (Å²) in [6, 6.07) is 6.25. The van der Waals surface area contributed by atoms with E-state index in [0.29, 0.717) is 19.3 Å². The number of esters is 1. The number of hydrogen-bond donors (Lipinski definition) is 0. The molecule has 3 aliphatic rings. The van der Waals surface area contributed by atoms with Gasteiger partial charge in [-0.2, -0.15) is 0 Å². The Kier molecular flexibility index (Phi) is 4.63. The van der Waals surface area contributed by atoms with Crippen molar-refractivity contribution in [2.75, 3.05) is 7.11 Å². The van der Waals surface area contributed by atoms with Crippen molar-refractivity contribution in [1.82, 2.24) is 0 Å². The molecule has 3 aliphatic carbocycles. The third kappa shape index (κ3) is 2.48. The number of fused-ring (bicyclic) bond motifs is 5. The lowest BCUT2D eigenvalue weighted by Crippen LogP contribution is -2.61. The minimum atomic E-state index is -1.20. The van der Waals surface area contributed by atoms with Crippen LogP contribution in [0.4, 0.5) is 0 Å². The molecule has 1 aromatic rings. The van der Waals surface area contributed by atoms with E-state index >= 15 is 0 Å². The van der Waals surface area contributed by atoms with Gasteiger partial charge in [0.2, 0.25) is 0 Å². The van der Waals surface area contributed by atoms with E-state index in [-0.39, 0.29) is 17.6 Å². The molecule has 29 heavy (non-hydrogen) atoms. The largest absolute Gasteiger partial charge is 0.497 e. The van der Waals surface area contributed by atoms with Gasteiger partial charge in [-0.15, -0.1) is 0 Å². The third-order valence-electron chi connectivity index (χ3n) is 8.48. The number of Topliss-reactive ketones (excluding diaryl/α,β-unsaturated/α-hetero) is 1. The maximum atomic E-state index is 12.8. The quantitative estimate of drug-likeness (QED) is 0.566. The van der Waals surface area contributed by atoms with E-state index in [4.69, 9.17) is 9.47 Å². The highest BCUT2D eigenvalue weighted by atomic mass is 16.6. The lowest BCUT2D eigenvalue weighted by atomic mass is 9.46. The molecule has 0 N–H and O–H groups in total. The molecule has 2 fully saturated rings. The Hall–Kier alpha value is -2.17. The molecule has 0 unspecified atom stereocenters. The van der Waals surface area contributed by atoms with Gasteiger partial charge in [-0.25, -0.2) is 0 Å². The molecule has 0 spiro atoms. The molecule has 0 amide bonds. The van der Waals surface area contributed by atoms with Crippen LogP contribution in [-0.2, 0) is 25.5 Å². The second-order valence-electron chi connectivity index (χ2n) is 9.32. The lowest BCUT2D eigenvalue weighted by molar-refractivity contribution is -0.192. The predicted molar refractivity (Wildman–Crippen MR) is 108 cm³/mol. The van der Waals surface area contributed by atoms with Crippen LogP contribution < -0.4 is 4.74 Å². The maximum Gasteiger partial charge on any atom is 0.303 e. The number of aryl methyl sites for hydroxylation is 1. The number of carbonyl (C=O) groups excluding carboxylic acids is 3. The van der Waals surface area contributed by atoms with E-state index in [1.807, 2.05) is 13.0 Å². The highest BCUT2D eigenvalue weighted by molar-refractivity contribution is 5.90. The van der Waals surface area contributed by atoms with E-state index in [9.17, 15) is 14.4 Å². The first-order valence-electron chi connectivity index (χ1n) is 10.6. The molecular formula is C24H30O5. The Bertz CT molecular complexity index is 876. The topological polar surface area (TPSA) is 69.7 Å². The van der Waals surface area contributed by atoms with Gasteiger partial charge < -0.3 is 14.3 Å². The fourth-order valence-electron chi connectivity index (χ4n) is 7.10. The fraction of sp³-hybridized carbons (Fsp3) is 0.625. The normalized spacial score (nSPS) is 37.7. The molecule has 0 aromatic heterocycles. The molecule has 5 heteroatoms. The Balaban J connectivity index is 1.81. The number of hydrogen-bond acceptors (Lipinski definition) is 5. The average molecular weight is 398 g/mol. The molecule has 2 saturated carbocycles. The minimum Gasteiger partial charge on any atom is -0.497 e. The standard InChI is InChI=1S/C24H30O5/c1-15(26)24(29-16(2)27)12-11-23(14-25)21-8-5-17-13-18(28-4)6-7-19(17)20(21)9-10-22(23,24)3/h6-7,13-14,20-21H,5,8-12H2,1-4H3/t20-,21-,22+,23-,24-/m1/s1. The summed E-state index contributed by atoms with van der Waals surface area (Å²) in [5.74, 6) is 0.698. The summed E-state index contributed by atoms with van der Waals surface area (Å²) in [7, 11) is 1.68. The van der Waals surface area contributed by atoms with Crippen molar-refractivity contribution < 1.29 is 23.9 Å². The van der Waals surface area contributed by atoms with E-state index < -0.39 is 22.4 Å². The molecule has 4 rings (SSSR count). The number of aldehydes is 1. The Morgan fingerprint density at radius 1 is 1.14 bits per heavy atom. The fourth-order valence-corrected chi connectivity index (χ4v) is 7.10. The molecule has 1 aromatic carbocycles. The van der Waals surface area contributed by atoms with E-state index in [0.717, 1.165) is 31.3 Å².